The molecule has 0 saturated carbocycles. The van der Waals surface area contributed by atoms with Gasteiger partial charge in [-0.2, -0.15) is 0 Å². The zero-order valence-corrected chi connectivity index (χ0v) is 24.1. The number of rotatable bonds is 7. The molecule has 0 unspecified atom stereocenters. The summed E-state index contributed by atoms with van der Waals surface area (Å²) in [5.74, 6) is -1.27. The first-order chi connectivity index (χ1) is 19.8. The van der Waals surface area contributed by atoms with Gasteiger partial charge in [0.25, 0.3) is 11.8 Å². The highest BCUT2D eigenvalue weighted by atomic mass is 16.6. The first-order valence-electron chi connectivity index (χ1n) is 12.9. The van der Waals surface area contributed by atoms with E-state index < -0.39 is 29.5 Å². The Labute approximate surface area is 242 Å². The van der Waals surface area contributed by atoms with E-state index in [1.165, 1.54) is 19.4 Å². The van der Waals surface area contributed by atoms with E-state index in [1.54, 1.807) is 92.8 Å². The molecule has 0 aliphatic rings. The quantitative estimate of drug-likeness (QED) is 0.262. The molecule has 0 bridgehead atoms. The average Bonchev–Trinajstić information content (AvgIpc) is 3.48. The van der Waals surface area contributed by atoms with E-state index in [0.29, 0.717) is 39.7 Å². The first-order valence-corrected chi connectivity index (χ1v) is 12.9. The van der Waals surface area contributed by atoms with Gasteiger partial charge in [-0.25, -0.2) is 9.59 Å². The summed E-state index contributed by atoms with van der Waals surface area (Å²) >= 11 is 0. The number of nitrogens with one attached hydrogen (secondary N) is 3. The predicted octanol–water partition coefficient (Wildman–Crippen LogP) is 5.06. The van der Waals surface area contributed by atoms with E-state index in [4.69, 9.17) is 9.47 Å². The van der Waals surface area contributed by atoms with Crippen molar-refractivity contribution >= 4 is 40.9 Å². The molecule has 0 fully saturated rings. The molecule has 0 spiro atoms. The number of aryl methyl sites for hydroxylation is 2. The van der Waals surface area contributed by atoms with Crippen LogP contribution >= 0.6 is 0 Å². The van der Waals surface area contributed by atoms with Gasteiger partial charge in [-0.3, -0.25) is 19.9 Å². The van der Waals surface area contributed by atoms with Gasteiger partial charge < -0.3 is 29.2 Å². The van der Waals surface area contributed by atoms with E-state index >= 15 is 0 Å². The summed E-state index contributed by atoms with van der Waals surface area (Å²) in [6.07, 6.45) is 4.10. The van der Waals surface area contributed by atoms with Gasteiger partial charge in [-0.1, -0.05) is 12.1 Å². The highest BCUT2D eigenvalue weighted by Crippen LogP contribution is 2.22. The number of methoxy groups -OCH3 is 1. The minimum Gasteiger partial charge on any atom is -0.465 e. The standard InChI is InChI=1S/C30H32N6O6/c1-30(2,3)42-29(40)34-22-14-25(36(5)17-22)27(38)33-21-13-24(35(4)16-21)26(37)32-20-10-11-23(31-15-20)18-8-7-9-19(12-18)28(39)41-6/h7-17H,1-6H3,(H,32,37)(H,33,38)(H,34,40). The van der Waals surface area contributed by atoms with E-state index in [0.717, 1.165) is 5.56 Å². The Morgan fingerprint density at radius 3 is 1.93 bits per heavy atom. The molecule has 3 heterocycles. The van der Waals surface area contributed by atoms with Crippen molar-refractivity contribution in [3.8, 4) is 11.3 Å². The van der Waals surface area contributed by atoms with Crippen LogP contribution in [-0.4, -0.2) is 50.7 Å². The zero-order chi connectivity index (χ0) is 30.6. The summed E-state index contributed by atoms with van der Waals surface area (Å²) in [5.41, 5.74) is 2.97. The lowest BCUT2D eigenvalue weighted by molar-refractivity contribution is 0.0598. The maximum absolute atomic E-state index is 13.0. The van der Waals surface area contributed by atoms with E-state index in [2.05, 4.69) is 20.9 Å². The van der Waals surface area contributed by atoms with Crippen molar-refractivity contribution in [2.75, 3.05) is 23.1 Å². The number of nitrogens with zero attached hydrogens (tertiary/aromatic N) is 3. The number of carbonyl (C=O) groups is 4. The molecule has 1 aromatic carbocycles. The fourth-order valence-corrected chi connectivity index (χ4v) is 4.09. The maximum Gasteiger partial charge on any atom is 0.412 e. The summed E-state index contributed by atoms with van der Waals surface area (Å²) in [7, 11) is 4.68. The highest BCUT2D eigenvalue weighted by molar-refractivity contribution is 6.07. The van der Waals surface area contributed by atoms with Gasteiger partial charge in [0.2, 0.25) is 0 Å². The molecule has 3 amide bonds. The Hall–Kier alpha value is -5.39. The van der Waals surface area contributed by atoms with Crippen LogP contribution in [0.5, 0.6) is 0 Å². The second kappa shape index (κ2) is 12.0. The molecule has 0 atom stereocenters. The number of hydrogen-bond donors (Lipinski definition) is 3. The van der Waals surface area contributed by atoms with E-state index in [-0.39, 0.29) is 0 Å². The van der Waals surface area contributed by atoms with Crippen molar-refractivity contribution in [1.82, 2.24) is 14.1 Å². The fourth-order valence-electron chi connectivity index (χ4n) is 4.09. The lowest BCUT2D eigenvalue weighted by Gasteiger charge is -2.19. The number of carbonyl (C=O) groups excluding carboxylic acids is 4. The zero-order valence-electron chi connectivity index (χ0n) is 24.1. The average molecular weight is 573 g/mol. The van der Waals surface area contributed by atoms with Crippen molar-refractivity contribution in [3.05, 3.63) is 84.1 Å². The SMILES string of the molecule is COC(=O)c1cccc(-c2ccc(NC(=O)c3cc(NC(=O)c4cc(NC(=O)OC(C)(C)C)cn4C)cn3C)cn2)c1. The maximum atomic E-state index is 13.0. The molecular weight excluding hydrogens is 540 g/mol. The van der Waals surface area contributed by atoms with Gasteiger partial charge in [0.15, 0.2) is 0 Å². The topological polar surface area (TPSA) is 146 Å². The minimum atomic E-state index is -0.657. The summed E-state index contributed by atoms with van der Waals surface area (Å²) in [5, 5.41) is 8.18. The van der Waals surface area contributed by atoms with Crippen LogP contribution in [0.1, 0.15) is 52.1 Å². The van der Waals surface area contributed by atoms with Gasteiger partial charge in [-0.15, -0.1) is 0 Å². The van der Waals surface area contributed by atoms with Crippen LogP contribution in [0.3, 0.4) is 0 Å². The smallest absolute Gasteiger partial charge is 0.412 e. The number of hydrogen-bond acceptors (Lipinski definition) is 7. The van der Waals surface area contributed by atoms with Crippen LogP contribution in [0.15, 0.2) is 67.1 Å². The van der Waals surface area contributed by atoms with Crippen LogP contribution in [0.2, 0.25) is 0 Å². The molecule has 12 nitrogen and oxygen atoms in total. The minimum absolute atomic E-state index is 0.291. The Morgan fingerprint density at radius 1 is 0.786 bits per heavy atom. The molecule has 42 heavy (non-hydrogen) atoms. The Kier molecular flexibility index (Phi) is 8.46. The monoisotopic (exact) mass is 572 g/mol. The number of esters is 1. The predicted molar refractivity (Wildman–Crippen MR) is 158 cm³/mol. The van der Waals surface area contributed by atoms with Gasteiger partial charge in [0, 0.05) is 32.1 Å². The molecule has 3 aromatic heterocycles. The molecule has 218 valence electrons. The highest BCUT2D eigenvalue weighted by Gasteiger charge is 2.20. The molecule has 4 rings (SSSR count). The molecule has 0 aliphatic carbocycles. The van der Waals surface area contributed by atoms with E-state index in [9.17, 15) is 19.2 Å². The number of aromatic nitrogens is 3. The lowest BCUT2D eigenvalue weighted by atomic mass is 10.1. The van der Waals surface area contributed by atoms with Crippen molar-refractivity contribution < 1.29 is 28.7 Å². The van der Waals surface area contributed by atoms with E-state index in [1.807, 2.05) is 6.07 Å². The Bertz CT molecular complexity index is 1650. The van der Waals surface area contributed by atoms with Crippen molar-refractivity contribution in [2.45, 2.75) is 26.4 Å². The third kappa shape index (κ3) is 7.22. The van der Waals surface area contributed by atoms with Crippen molar-refractivity contribution in [3.63, 3.8) is 0 Å². The lowest BCUT2D eigenvalue weighted by Crippen LogP contribution is -2.27. The van der Waals surface area contributed by atoms with Crippen molar-refractivity contribution in [2.24, 2.45) is 14.1 Å². The second-order valence-electron chi connectivity index (χ2n) is 10.5. The van der Waals surface area contributed by atoms with Crippen LogP contribution in [-0.2, 0) is 23.6 Å². The second-order valence-corrected chi connectivity index (χ2v) is 10.5. The van der Waals surface area contributed by atoms with Gasteiger partial charge in [-0.05, 0) is 57.2 Å². The molecule has 0 radical (unpaired) electrons. The third-order valence-electron chi connectivity index (χ3n) is 5.98. The summed E-state index contributed by atoms with van der Waals surface area (Å²) in [6.45, 7) is 5.27. The summed E-state index contributed by atoms with van der Waals surface area (Å²) in [6, 6.07) is 13.4. The number of anilines is 3. The van der Waals surface area contributed by atoms with Gasteiger partial charge in [0.1, 0.15) is 17.0 Å². The van der Waals surface area contributed by atoms with Gasteiger partial charge in [0.05, 0.1) is 41.6 Å². The largest absolute Gasteiger partial charge is 0.465 e. The Balaban J connectivity index is 1.40. The summed E-state index contributed by atoms with van der Waals surface area (Å²) in [4.78, 5) is 54.2. The van der Waals surface area contributed by atoms with Gasteiger partial charge >= 0.3 is 12.1 Å². The molecular formula is C30H32N6O6. The van der Waals surface area contributed by atoms with Crippen LogP contribution in [0.25, 0.3) is 11.3 Å². The summed E-state index contributed by atoms with van der Waals surface area (Å²) < 4.78 is 13.2. The van der Waals surface area contributed by atoms with Crippen LogP contribution < -0.4 is 16.0 Å². The number of benzene rings is 1. The number of ether oxygens (including phenoxy) is 2. The number of pyridine rings is 1. The Morgan fingerprint density at radius 2 is 1.38 bits per heavy atom. The molecule has 3 N–H and O–H groups in total. The molecule has 4 aromatic rings. The van der Waals surface area contributed by atoms with Crippen LogP contribution in [0.4, 0.5) is 21.9 Å². The molecule has 0 aliphatic heterocycles. The normalized spacial score (nSPS) is 11.0. The molecule has 12 heteroatoms. The fraction of sp³-hybridized carbons (Fsp3) is 0.233. The van der Waals surface area contributed by atoms with Crippen LogP contribution in [0, 0.1) is 0 Å². The van der Waals surface area contributed by atoms with Crippen molar-refractivity contribution in [1.29, 1.82) is 0 Å². The first kappa shape index (κ1) is 29.6. The third-order valence-corrected chi connectivity index (χ3v) is 5.98. The molecule has 0 saturated heterocycles. The number of amides is 3.